The van der Waals surface area contributed by atoms with Crippen molar-refractivity contribution in [2.45, 2.75) is 6.92 Å². The number of para-hydroxylation sites is 1. The lowest BCUT2D eigenvalue weighted by Gasteiger charge is -2.26. The van der Waals surface area contributed by atoms with E-state index >= 15 is 0 Å². The van der Waals surface area contributed by atoms with Gasteiger partial charge in [0.15, 0.2) is 11.5 Å². The van der Waals surface area contributed by atoms with Gasteiger partial charge in [-0.15, -0.1) is 0 Å². The summed E-state index contributed by atoms with van der Waals surface area (Å²) in [4.78, 5) is 61.1. The second-order valence-electron chi connectivity index (χ2n) is 8.15. The Balaban J connectivity index is 1.58. The molecule has 1 aliphatic rings. The fourth-order valence-electron chi connectivity index (χ4n) is 3.69. The zero-order valence-electron chi connectivity index (χ0n) is 20.8. The van der Waals surface area contributed by atoms with Crippen molar-refractivity contribution in [1.29, 1.82) is 0 Å². The fourth-order valence-corrected chi connectivity index (χ4v) is 3.69. The van der Waals surface area contributed by atoms with Crippen LogP contribution in [0.3, 0.4) is 0 Å². The van der Waals surface area contributed by atoms with E-state index in [1.54, 1.807) is 13.0 Å². The van der Waals surface area contributed by atoms with Crippen molar-refractivity contribution in [2.75, 3.05) is 11.5 Å². The van der Waals surface area contributed by atoms with Crippen molar-refractivity contribution >= 4 is 47.3 Å². The summed E-state index contributed by atoms with van der Waals surface area (Å²) in [5.74, 6) is -3.48. The van der Waals surface area contributed by atoms with Crippen LogP contribution < -0.4 is 19.7 Å². The predicted molar refractivity (Wildman–Crippen MR) is 141 cm³/mol. The largest absolute Gasteiger partial charge is 0.490 e. The molecule has 4 amide bonds. The van der Waals surface area contributed by atoms with Crippen LogP contribution in [-0.4, -0.2) is 35.3 Å². The quantitative estimate of drug-likeness (QED) is 0.109. The lowest BCUT2D eigenvalue weighted by Crippen LogP contribution is -2.54. The minimum atomic E-state index is -1.09. The van der Waals surface area contributed by atoms with Gasteiger partial charge in [0, 0.05) is 18.2 Å². The van der Waals surface area contributed by atoms with Crippen LogP contribution in [0, 0.1) is 15.9 Å². The molecule has 1 saturated heterocycles. The first kappa shape index (κ1) is 27.4. The molecule has 11 nitrogen and oxygen atoms in total. The average molecular weight is 545 g/mol. The molecule has 3 aromatic carbocycles. The van der Waals surface area contributed by atoms with Crippen LogP contribution in [0.4, 0.5) is 20.6 Å². The lowest BCUT2D eigenvalue weighted by atomic mass is 10.1. The summed E-state index contributed by atoms with van der Waals surface area (Å²) in [5, 5.41) is 12.9. The van der Waals surface area contributed by atoms with E-state index in [9.17, 15) is 33.7 Å². The Kier molecular flexibility index (Phi) is 8.09. The van der Waals surface area contributed by atoms with E-state index in [4.69, 9.17) is 9.47 Å². The molecular weight excluding hydrogens is 525 g/mol. The molecule has 0 aromatic heterocycles. The van der Waals surface area contributed by atoms with Crippen LogP contribution in [0.5, 0.6) is 11.5 Å². The number of rotatable bonds is 8. The van der Waals surface area contributed by atoms with Gasteiger partial charge in [0.25, 0.3) is 17.5 Å². The van der Waals surface area contributed by atoms with Gasteiger partial charge in [0.2, 0.25) is 0 Å². The second-order valence-corrected chi connectivity index (χ2v) is 8.15. The van der Waals surface area contributed by atoms with E-state index in [2.05, 4.69) is 0 Å². The standard InChI is InChI=1S/C28H20FN3O8/c1-2-39-24-16-18(10-12-23(24)40-25(33)13-11-17-6-5-7-19(14-17)32(37)38)15-20-26(34)30-28(36)31(27(20)35)22-9-4-3-8-21(22)29/h3-16H,2H2,1H3,(H,30,34,36)/b13-11+,20-15+. The first-order valence-electron chi connectivity index (χ1n) is 11.7. The van der Waals surface area contributed by atoms with Gasteiger partial charge in [0.05, 0.1) is 17.2 Å². The van der Waals surface area contributed by atoms with Crippen molar-refractivity contribution in [3.63, 3.8) is 0 Å². The van der Waals surface area contributed by atoms with Gasteiger partial charge in [-0.25, -0.2) is 18.9 Å². The number of halogens is 1. The molecule has 4 rings (SSSR count). The Morgan fingerprint density at radius 3 is 2.52 bits per heavy atom. The number of hydrogen-bond acceptors (Lipinski definition) is 8. The molecule has 1 N–H and O–H groups in total. The van der Waals surface area contributed by atoms with Crippen LogP contribution in [0.1, 0.15) is 18.1 Å². The van der Waals surface area contributed by atoms with Crippen LogP contribution >= 0.6 is 0 Å². The van der Waals surface area contributed by atoms with Gasteiger partial charge in [-0.05, 0) is 54.5 Å². The number of urea groups is 1. The van der Waals surface area contributed by atoms with Crippen molar-refractivity contribution in [3.05, 3.63) is 105 Å². The smallest absolute Gasteiger partial charge is 0.336 e. The van der Waals surface area contributed by atoms with Crippen molar-refractivity contribution in [2.24, 2.45) is 0 Å². The highest BCUT2D eigenvalue weighted by atomic mass is 19.1. The molecule has 0 saturated carbocycles. The van der Waals surface area contributed by atoms with Gasteiger partial charge >= 0.3 is 12.0 Å². The number of hydrogen-bond donors (Lipinski definition) is 1. The number of carbonyl (C=O) groups excluding carboxylic acids is 4. The summed E-state index contributed by atoms with van der Waals surface area (Å²) < 4.78 is 25.2. The van der Waals surface area contributed by atoms with Crippen LogP contribution in [-0.2, 0) is 14.4 Å². The number of anilines is 1. The number of esters is 1. The Morgan fingerprint density at radius 1 is 1.02 bits per heavy atom. The lowest BCUT2D eigenvalue weighted by molar-refractivity contribution is -0.384. The van der Waals surface area contributed by atoms with Crippen LogP contribution in [0.2, 0.25) is 0 Å². The number of amides is 4. The minimum absolute atomic E-state index is 0.0280. The SMILES string of the molecule is CCOc1cc(/C=C2\C(=O)NC(=O)N(c3ccccc3F)C2=O)ccc1OC(=O)/C=C/c1cccc([N+](=O)[O-])c1. The van der Waals surface area contributed by atoms with Crippen molar-refractivity contribution in [1.82, 2.24) is 5.32 Å². The van der Waals surface area contributed by atoms with Gasteiger partial charge in [0.1, 0.15) is 11.4 Å². The number of imide groups is 2. The Hall–Kier alpha value is -5.65. The second kappa shape index (κ2) is 11.8. The van der Waals surface area contributed by atoms with Gasteiger partial charge in [-0.2, -0.15) is 0 Å². The molecule has 12 heteroatoms. The molecule has 0 unspecified atom stereocenters. The van der Waals surface area contributed by atoms with Crippen molar-refractivity contribution < 1.29 is 38.0 Å². The number of nitro benzene ring substituents is 1. The normalized spacial score (nSPS) is 14.4. The third-order valence-electron chi connectivity index (χ3n) is 5.48. The van der Waals surface area contributed by atoms with Crippen LogP contribution in [0.25, 0.3) is 12.2 Å². The van der Waals surface area contributed by atoms with Gasteiger partial charge < -0.3 is 9.47 Å². The van der Waals surface area contributed by atoms with Gasteiger partial charge in [-0.1, -0.05) is 30.3 Å². The molecule has 0 atom stereocenters. The molecule has 1 heterocycles. The Morgan fingerprint density at radius 2 is 1.80 bits per heavy atom. The summed E-state index contributed by atoms with van der Waals surface area (Å²) in [6, 6.07) is 13.9. The molecular formula is C28H20FN3O8. The summed E-state index contributed by atoms with van der Waals surface area (Å²) in [5.41, 5.74) is -0.188. The molecule has 1 fully saturated rings. The van der Waals surface area contributed by atoms with E-state index in [-0.39, 0.29) is 35.0 Å². The monoisotopic (exact) mass is 545 g/mol. The molecule has 0 aliphatic carbocycles. The third-order valence-corrected chi connectivity index (χ3v) is 5.48. The van der Waals surface area contributed by atoms with E-state index in [0.29, 0.717) is 10.5 Å². The van der Waals surface area contributed by atoms with E-state index in [1.807, 2.05) is 5.32 Å². The van der Waals surface area contributed by atoms with E-state index in [0.717, 1.165) is 12.1 Å². The average Bonchev–Trinajstić information content (AvgIpc) is 2.92. The number of nitrogens with zero attached hydrogens (tertiary/aromatic N) is 2. The highest BCUT2D eigenvalue weighted by Crippen LogP contribution is 2.31. The molecule has 0 radical (unpaired) electrons. The van der Waals surface area contributed by atoms with Gasteiger partial charge in [-0.3, -0.25) is 25.0 Å². The number of carbonyl (C=O) groups is 4. The summed E-state index contributed by atoms with van der Waals surface area (Å²) >= 11 is 0. The molecule has 0 bridgehead atoms. The molecule has 40 heavy (non-hydrogen) atoms. The summed E-state index contributed by atoms with van der Waals surface area (Å²) in [6.07, 6.45) is 3.63. The highest BCUT2D eigenvalue weighted by molar-refractivity contribution is 6.39. The zero-order valence-corrected chi connectivity index (χ0v) is 20.8. The fraction of sp³-hybridized carbons (Fsp3) is 0.0714. The number of barbiturate groups is 1. The maximum atomic E-state index is 14.3. The molecule has 0 spiro atoms. The molecule has 1 aliphatic heterocycles. The topological polar surface area (TPSA) is 145 Å². The third kappa shape index (κ3) is 6.07. The molecule has 202 valence electrons. The maximum absolute atomic E-state index is 14.3. The Bertz CT molecular complexity index is 1600. The number of nitrogens with one attached hydrogen (secondary N) is 1. The first-order chi connectivity index (χ1) is 19.2. The molecule has 3 aromatic rings. The van der Waals surface area contributed by atoms with Crippen LogP contribution in [0.15, 0.2) is 78.4 Å². The summed E-state index contributed by atoms with van der Waals surface area (Å²) in [6.45, 7) is 1.87. The zero-order chi connectivity index (χ0) is 28.8. The first-order valence-corrected chi connectivity index (χ1v) is 11.7. The number of nitro groups is 1. The Labute approximate surface area is 226 Å². The van der Waals surface area contributed by atoms with Crippen molar-refractivity contribution in [3.8, 4) is 11.5 Å². The summed E-state index contributed by atoms with van der Waals surface area (Å²) in [7, 11) is 0. The number of non-ortho nitro benzene ring substituents is 1. The highest BCUT2D eigenvalue weighted by Gasteiger charge is 2.38. The maximum Gasteiger partial charge on any atom is 0.336 e. The predicted octanol–water partition coefficient (Wildman–Crippen LogP) is 4.42. The van der Waals surface area contributed by atoms with E-state index < -0.39 is 40.1 Å². The number of ether oxygens (including phenoxy) is 2. The van der Waals surface area contributed by atoms with E-state index in [1.165, 1.54) is 66.7 Å². The minimum Gasteiger partial charge on any atom is -0.490 e. The number of benzene rings is 3.